The number of esters is 1. The Labute approximate surface area is 106 Å². The number of hydrogen-bond donors (Lipinski definition) is 0. The topological polar surface area (TPSA) is 52.1 Å². The third-order valence-corrected chi connectivity index (χ3v) is 2.35. The van der Waals surface area contributed by atoms with Gasteiger partial charge < -0.3 is 4.74 Å². The maximum atomic E-state index is 12.5. The van der Waals surface area contributed by atoms with Crippen molar-refractivity contribution in [2.45, 2.75) is 13.1 Å². The Morgan fingerprint density at radius 1 is 1.32 bits per heavy atom. The predicted octanol–water partition coefficient (Wildman–Crippen LogP) is 2.83. The van der Waals surface area contributed by atoms with E-state index in [0.717, 1.165) is 18.3 Å². The van der Waals surface area contributed by atoms with Crippen LogP contribution in [0.3, 0.4) is 0 Å². The fourth-order valence-electron chi connectivity index (χ4n) is 1.49. The molecular formula is C12H9F3N2O2. The average Bonchev–Trinajstić information content (AvgIpc) is 2.36. The molecule has 0 N–H and O–H groups in total. The van der Waals surface area contributed by atoms with Crippen LogP contribution in [0.4, 0.5) is 13.2 Å². The maximum Gasteiger partial charge on any atom is 0.416 e. The van der Waals surface area contributed by atoms with E-state index in [1.165, 1.54) is 6.07 Å². The number of carbonyl (C=O) groups excluding carboxylic acids is 1. The number of aromatic nitrogens is 2. The van der Waals surface area contributed by atoms with E-state index in [4.69, 9.17) is 4.74 Å². The van der Waals surface area contributed by atoms with Gasteiger partial charge in [-0.3, -0.25) is 4.98 Å². The molecule has 0 amide bonds. The molecule has 2 rings (SSSR count). The smallest absolute Gasteiger partial charge is 0.416 e. The van der Waals surface area contributed by atoms with Crippen molar-refractivity contribution in [3.8, 4) is 0 Å². The number of carbonyl (C=O) groups is 1. The van der Waals surface area contributed by atoms with Crippen molar-refractivity contribution in [1.82, 2.24) is 9.97 Å². The molecule has 2 aromatic rings. The summed E-state index contributed by atoms with van der Waals surface area (Å²) in [6.45, 7) is 1.83. The Morgan fingerprint density at radius 2 is 2.05 bits per heavy atom. The molecule has 0 spiro atoms. The minimum absolute atomic E-state index is 0.0332. The van der Waals surface area contributed by atoms with Gasteiger partial charge in [0.2, 0.25) is 0 Å². The second-order valence-electron chi connectivity index (χ2n) is 3.68. The van der Waals surface area contributed by atoms with Gasteiger partial charge in [0.15, 0.2) is 5.69 Å². The van der Waals surface area contributed by atoms with Crippen LogP contribution >= 0.6 is 0 Å². The van der Waals surface area contributed by atoms with Gasteiger partial charge in [-0.2, -0.15) is 13.2 Å². The third-order valence-electron chi connectivity index (χ3n) is 2.35. The van der Waals surface area contributed by atoms with Gasteiger partial charge in [-0.1, -0.05) is 0 Å². The van der Waals surface area contributed by atoms with Crippen LogP contribution in [0, 0.1) is 0 Å². The highest BCUT2D eigenvalue weighted by Gasteiger charge is 2.30. The van der Waals surface area contributed by atoms with Gasteiger partial charge >= 0.3 is 12.1 Å². The normalized spacial score (nSPS) is 11.6. The molecule has 0 atom stereocenters. The van der Waals surface area contributed by atoms with Crippen molar-refractivity contribution in [3.05, 3.63) is 35.7 Å². The second kappa shape index (κ2) is 4.83. The molecule has 100 valence electrons. The van der Waals surface area contributed by atoms with Gasteiger partial charge in [-0.05, 0) is 25.1 Å². The second-order valence-corrected chi connectivity index (χ2v) is 3.68. The number of hydrogen-bond acceptors (Lipinski definition) is 4. The van der Waals surface area contributed by atoms with Crippen molar-refractivity contribution in [2.24, 2.45) is 0 Å². The number of nitrogens with zero attached hydrogens (tertiary/aromatic N) is 2. The van der Waals surface area contributed by atoms with Gasteiger partial charge in [0, 0.05) is 0 Å². The minimum Gasteiger partial charge on any atom is -0.461 e. The van der Waals surface area contributed by atoms with E-state index in [1.807, 2.05) is 0 Å². The van der Waals surface area contributed by atoms with E-state index in [0.29, 0.717) is 0 Å². The Bertz CT molecular complexity index is 626. The quantitative estimate of drug-likeness (QED) is 0.787. The zero-order valence-electron chi connectivity index (χ0n) is 9.86. The van der Waals surface area contributed by atoms with E-state index < -0.39 is 17.7 Å². The number of rotatable bonds is 2. The zero-order chi connectivity index (χ0) is 14.0. The molecule has 0 bridgehead atoms. The summed E-state index contributed by atoms with van der Waals surface area (Å²) < 4.78 is 42.2. The van der Waals surface area contributed by atoms with E-state index in [9.17, 15) is 18.0 Å². The van der Waals surface area contributed by atoms with E-state index >= 15 is 0 Å². The molecule has 0 radical (unpaired) electrons. The summed E-state index contributed by atoms with van der Waals surface area (Å²) in [6.07, 6.45) is -3.34. The van der Waals surface area contributed by atoms with Gasteiger partial charge in [0.1, 0.15) is 0 Å². The molecule has 0 aliphatic rings. The SMILES string of the molecule is CCOC(=O)c1cnc2cc(C(F)(F)F)ccc2n1. The zero-order valence-corrected chi connectivity index (χ0v) is 9.86. The molecule has 7 heteroatoms. The first-order valence-electron chi connectivity index (χ1n) is 5.43. The fourth-order valence-corrected chi connectivity index (χ4v) is 1.49. The standard InChI is InChI=1S/C12H9F3N2O2/c1-2-19-11(18)10-6-16-9-5-7(12(13,14)15)3-4-8(9)17-10/h3-6H,2H2,1H3. The first-order chi connectivity index (χ1) is 8.91. The number of alkyl halides is 3. The Morgan fingerprint density at radius 3 is 2.68 bits per heavy atom. The molecule has 0 saturated carbocycles. The monoisotopic (exact) mass is 270 g/mol. The Kier molecular flexibility index (Phi) is 3.37. The molecular weight excluding hydrogens is 261 g/mol. The van der Waals surface area contributed by atoms with Crippen molar-refractivity contribution >= 4 is 17.0 Å². The summed E-state index contributed by atoms with van der Waals surface area (Å²) in [4.78, 5) is 19.1. The molecule has 0 aliphatic heterocycles. The first kappa shape index (κ1) is 13.3. The van der Waals surface area contributed by atoms with Crippen molar-refractivity contribution in [3.63, 3.8) is 0 Å². The van der Waals surface area contributed by atoms with Gasteiger partial charge in [0.25, 0.3) is 0 Å². The first-order valence-corrected chi connectivity index (χ1v) is 5.43. The highest BCUT2D eigenvalue weighted by Crippen LogP contribution is 2.30. The molecule has 1 heterocycles. The highest BCUT2D eigenvalue weighted by molar-refractivity contribution is 5.89. The van der Waals surface area contributed by atoms with E-state index in [2.05, 4.69) is 9.97 Å². The van der Waals surface area contributed by atoms with Crippen LogP contribution in [0.25, 0.3) is 11.0 Å². The molecule has 4 nitrogen and oxygen atoms in total. The van der Waals surface area contributed by atoms with Crippen LogP contribution in [0.1, 0.15) is 23.0 Å². The minimum atomic E-state index is -4.43. The lowest BCUT2D eigenvalue weighted by molar-refractivity contribution is -0.137. The van der Waals surface area contributed by atoms with Crippen molar-refractivity contribution < 1.29 is 22.7 Å². The molecule has 1 aromatic carbocycles. The number of ether oxygens (including phenoxy) is 1. The van der Waals surface area contributed by atoms with Crippen LogP contribution in [0.5, 0.6) is 0 Å². The van der Waals surface area contributed by atoms with Gasteiger partial charge in [0.05, 0.1) is 29.4 Å². The van der Waals surface area contributed by atoms with Gasteiger partial charge in [-0.15, -0.1) is 0 Å². The molecule has 0 unspecified atom stereocenters. The predicted molar refractivity (Wildman–Crippen MR) is 60.5 cm³/mol. The molecule has 19 heavy (non-hydrogen) atoms. The van der Waals surface area contributed by atoms with Gasteiger partial charge in [-0.25, -0.2) is 9.78 Å². The lowest BCUT2D eigenvalue weighted by Gasteiger charge is -2.07. The van der Waals surface area contributed by atoms with E-state index in [-0.39, 0.29) is 23.3 Å². The molecule has 0 aliphatic carbocycles. The largest absolute Gasteiger partial charge is 0.461 e. The Balaban J connectivity index is 2.43. The Hall–Kier alpha value is -2.18. The summed E-state index contributed by atoms with van der Waals surface area (Å²) >= 11 is 0. The van der Waals surface area contributed by atoms with Crippen LogP contribution in [0.15, 0.2) is 24.4 Å². The van der Waals surface area contributed by atoms with E-state index in [1.54, 1.807) is 6.92 Å². The summed E-state index contributed by atoms with van der Waals surface area (Å²) in [7, 11) is 0. The summed E-state index contributed by atoms with van der Waals surface area (Å²) in [6, 6.07) is 2.96. The van der Waals surface area contributed by atoms with Crippen LogP contribution in [-0.2, 0) is 10.9 Å². The third kappa shape index (κ3) is 2.81. The maximum absolute atomic E-state index is 12.5. The number of benzene rings is 1. The average molecular weight is 270 g/mol. The number of fused-ring (bicyclic) bond motifs is 1. The summed E-state index contributed by atoms with van der Waals surface area (Å²) in [5.41, 5.74) is -0.561. The van der Waals surface area contributed by atoms with Crippen molar-refractivity contribution in [2.75, 3.05) is 6.61 Å². The number of halogens is 3. The highest BCUT2D eigenvalue weighted by atomic mass is 19.4. The lowest BCUT2D eigenvalue weighted by atomic mass is 10.2. The molecule has 0 saturated heterocycles. The van der Waals surface area contributed by atoms with Crippen LogP contribution in [-0.4, -0.2) is 22.5 Å². The lowest BCUT2D eigenvalue weighted by Crippen LogP contribution is -2.08. The van der Waals surface area contributed by atoms with Crippen LogP contribution < -0.4 is 0 Å². The van der Waals surface area contributed by atoms with Crippen LogP contribution in [0.2, 0.25) is 0 Å². The fraction of sp³-hybridized carbons (Fsp3) is 0.250. The van der Waals surface area contributed by atoms with Crippen molar-refractivity contribution in [1.29, 1.82) is 0 Å². The summed E-state index contributed by atoms with van der Waals surface area (Å²) in [5, 5.41) is 0. The summed E-state index contributed by atoms with van der Waals surface area (Å²) in [5.74, 6) is -0.656. The molecule has 1 aromatic heterocycles. The molecule has 0 fully saturated rings.